The maximum Gasteiger partial charge on any atom is 0.306 e. The molecular weight excluding hydrogens is 925 g/mol. The van der Waals surface area contributed by atoms with Crippen LogP contribution in [0, 0.1) is 0 Å². The number of esters is 3. The van der Waals surface area contributed by atoms with Crippen LogP contribution in [-0.4, -0.2) is 37.2 Å². The number of allylic oxidation sites excluding steroid dienone is 12. The van der Waals surface area contributed by atoms with Crippen molar-refractivity contribution < 1.29 is 28.6 Å². The van der Waals surface area contributed by atoms with Gasteiger partial charge in [0.15, 0.2) is 6.10 Å². The smallest absolute Gasteiger partial charge is 0.306 e. The summed E-state index contributed by atoms with van der Waals surface area (Å²) in [5.74, 6) is -0.907. The van der Waals surface area contributed by atoms with Crippen molar-refractivity contribution in [2.75, 3.05) is 13.2 Å². The van der Waals surface area contributed by atoms with Crippen LogP contribution < -0.4 is 0 Å². The summed E-state index contributed by atoms with van der Waals surface area (Å²) < 4.78 is 16.9. The maximum atomic E-state index is 12.9. The van der Waals surface area contributed by atoms with Crippen molar-refractivity contribution in [2.45, 2.75) is 335 Å². The molecule has 0 radical (unpaired) electrons. The summed E-state index contributed by atoms with van der Waals surface area (Å²) in [6.45, 7) is 6.52. The Balaban J connectivity index is 4.32. The first-order valence-corrected chi connectivity index (χ1v) is 32.4. The molecule has 0 N–H and O–H groups in total. The lowest BCUT2D eigenvalue weighted by Gasteiger charge is -2.18. The average Bonchev–Trinajstić information content (AvgIpc) is 3.41. The van der Waals surface area contributed by atoms with Crippen LogP contribution in [0.5, 0.6) is 0 Å². The van der Waals surface area contributed by atoms with E-state index in [1.54, 1.807) is 0 Å². The first kappa shape index (κ1) is 71.8. The summed E-state index contributed by atoms with van der Waals surface area (Å²) in [5, 5.41) is 0. The first-order chi connectivity index (χ1) is 37.0. The van der Waals surface area contributed by atoms with Gasteiger partial charge in [-0.2, -0.15) is 0 Å². The zero-order chi connectivity index (χ0) is 54.3. The molecule has 0 saturated heterocycles. The van der Waals surface area contributed by atoms with E-state index in [4.69, 9.17) is 14.2 Å². The highest BCUT2D eigenvalue weighted by Gasteiger charge is 2.19. The van der Waals surface area contributed by atoms with E-state index >= 15 is 0 Å². The zero-order valence-electron chi connectivity index (χ0n) is 49.8. The van der Waals surface area contributed by atoms with Crippen molar-refractivity contribution in [1.82, 2.24) is 0 Å². The molecule has 0 amide bonds. The molecule has 0 heterocycles. The summed E-state index contributed by atoms with van der Waals surface area (Å²) >= 11 is 0. The van der Waals surface area contributed by atoms with Gasteiger partial charge in [-0.25, -0.2) is 0 Å². The van der Waals surface area contributed by atoms with E-state index in [0.717, 1.165) is 89.9 Å². The fraction of sp³-hybridized carbons (Fsp3) is 0.783. The zero-order valence-corrected chi connectivity index (χ0v) is 49.8. The molecule has 0 rings (SSSR count). The van der Waals surface area contributed by atoms with Crippen LogP contribution in [0.3, 0.4) is 0 Å². The molecular formula is C69H122O6. The molecule has 6 heteroatoms. The number of carbonyl (C=O) groups excluding carboxylic acids is 3. The Hall–Kier alpha value is -3.15. The number of hydrogen-bond donors (Lipinski definition) is 0. The van der Waals surface area contributed by atoms with Crippen molar-refractivity contribution in [2.24, 2.45) is 0 Å². The minimum absolute atomic E-state index is 0.0855. The van der Waals surface area contributed by atoms with Gasteiger partial charge in [-0.05, 0) is 109 Å². The van der Waals surface area contributed by atoms with E-state index < -0.39 is 6.10 Å². The number of ether oxygens (including phenoxy) is 3. The van der Waals surface area contributed by atoms with Crippen molar-refractivity contribution in [1.29, 1.82) is 0 Å². The molecule has 0 aromatic rings. The molecule has 0 aliphatic carbocycles. The lowest BCUT2D eigenvalue weighted by atomic mass is 10.0. The number of carbonyl (C=O) groups is 3. The predicted octanol–water partition coefficient (Wildman–Crippen LogP) is 22.1. The highest BCUT2D eigenvalue weighted by molar-refractivity contribution is 5.71. The Bertz CT molecular complexity index is 1390. The van der Waals surface area contributed by atoms with Crippen molar-refractivity contribution in [3.05, 3.63) is 72.9 Å². The summed E-state index contributed by atoms with van der Waals surface area (Å²) in [4.78, 5) is 38.3. The van der Waals surface area contributed by atoms with Gasteiger partial charge >= 0.3 is 17.9 Å². The number of hydrogen-bond acceptors (Lipinski definition) is 6. The lowest BCUT2D eigenvalue weighted by molar-refractivity contribution is -0.167. The number of unbranched alkanes of at least 4 members (excludes halogenated alkanes) is 36. The van der Waals surface area contributed by atoms with E-state index in [9.17, 15) is 14.4 Å². The topological polar surface area (TPSA) is 78.9 Å². The normalized spacial score (nSPS) is 12.5. The maximum absolute atomic E-state index is 12.9. The second-order valence-corrected chi connectivity index (χ2v) is 21.6. The van der Waals surface area contributed by atoms with Crippen LogP contribution in [0.25, 0.3) is 0 Å². The Labute approximate surface area is 465 Å². The van der Waals surface area contributed by atoms with Gasteiger partial charge in [0, 0.05) is 19.3 Å². The van der Waals surface area contributed by atoms with Crippen LogP contribution in [0.1, 0.15) is 329 Å². The predicted molar refractivity (Wildman–Crippen MR) is 325 cm³/mol. The van der Waals surface area contributed by atoms with Gasteiger partial charge in [-0.3, -0.25) is 14.4 Å². The molecule has 6 nitrogen and oxygen atoms in total. The van der Waals surface area contributed by atoms with Crippen LogP contribution in [0.15, 0.2) is 72.9 Å². The lowest BCUT2D eigenvalue weighted by Crippen LogP contribution is -2.30. The van der Waals surface area contributed by atoms with Gasteiger partial charge in [0.1, 0.15) is 13.2 Å². The van der Waals surface area contributed by atoms with Crippen LogP contribution in [0.2, 0.25) is 0 Å². The average molecular weight is 1050 g/mol. The van der Waals surface area contributed by atoms with E-state index in [1.807, 2.05) is 0 Å². The second kappa shape index (κ2) is 63.4. The minimum Gasteiger partial charge on any atom is -0.462 e. The fourth-order valence-electron chi connectivity index (χ4n) is 9.31. The van der Waals surface area contributed by atoms with Crippen molar-refractivity contribution >= 4 is 17.9 Å². The van der Waals surface area contributed by atoms with E-state index in [0.29, 0.717) is 19.3 Å². The molecule has 0 aromatic carbocycles. The molecule has 0 aliphatic heterocycles. The molecule has 1 atom stereocenters. The summed E-state index contributed by atoms with van der Waals surface area (Å²) in [5.41, 5.74) is 0. The van der Waals surface area contributed by atoms with Crippen molar-refractivity contribution in [3.63, 3.8) is 0 Å². The highest BCUT2D eigenvalue weighted by atomic mass is 16.6. The molecule has 0 aliphatic rings. The summed E-state index contributed by atoms with van der Waals surface area (Å²) in [7, 11) is 0. The fourth-order valence-corrected chi connectivity index (χ4v) is 9.31. The van der Waals surface area contributed by atoms with Gasteiger partial charge in [0.05, 0.1) is 0 Å². The SMILES string of the molecule is CC/C=C\C/C=C\C/C=C\CCCCCC(=O)OCC(COC(=O)CCCCCCCCCCCCC/C=C\CCCCCCCCCC)OC(=O)CCCCCCCCCCC/C=C\C/C=C\CCCCCCC. The Morgan fingerprint density at radius 1 is 0.280 bits per heavy atom. The van der Waals surface area contributed by atoms with E-state index in [-0.39, 0.29) is 31.1 Å². The van der Waals surface area contributed by atoms with Gasteiger partial charge in [-0.15, -0.1) is 0 Å². The standard InChI is InChI=1S/C69H122O6/c1-4-7-10-13-16-19-22-25-27-29-31-33-34-36-37-39-41-44-47-50-53-56-59-62-68(71)74-65-66(64-73-67(70)61-58-55-52-49-46-43-24-21-18-15-12-9-6-3)75-69(72)63-60-57-54-51-48-45-42-40-38-35-32-30-28-26-23-20-17-14-11-8-5-2/h9,12,18,21,23,26,29-32,43,46,66H,4-8,10-11,13-17,19-20,22,24-25,27-28,33-42,44-45,47-65H2,1-3H3/b12-9-,21-18-,26-23-,31-29-,32-30-,46-43-. The van der Waals surface area contributed by atoms with Gasteiger partial charge in [0.25, 0.3) is 0 Å². The molecule has 0 saturated carbocycles. The van der Waals surface area contributed by atoms with Crippen LogP contribution in [0.4, 0.5) is 0 Å². The summed E-state index contributed by atoms with van der Waals surface area (Å²) in [6.07, 6.45) is 82.0. The molecule has 0 aromatic heterocycles. The monoisotopic (exact) mass is 1050 g/mol. The van der Waals surface area contributed by atoms with Gasteiger partial charge in [0.2, 0.25) is 0 Å². The third-order valence-corrected chi connectivity index (χ3v) is 14.2. The number of rotatable bonds is 59. The van der Waals surface area contributed by atoms with Crippen LogP contribution in [-0.2, 0) is 28.6 Å². The molecule has 75 heavy (non-hydrogen) atoms. The molecule has 1 unspecified atom stereocenters. The molecule has 0 fully saturated rings. The Morgan fingerprint density at radius 2 is 0.520 bits per heavy atom. The first-order valence-electron chi connectivity index (χ1n) is 32.4. The molecule has 0 spiro atoms. The molecule has 434 valence electrons. The quantitative estimate of drug-likeness (QED) is 0.0261. The van der Waals surface area contributed by atoms with Gasteiger partial charge in [-0.1, -0.05) is 273 Å². The van der Waals surface area contributed by atoms with Crippen molar-refractivity contribution in [3.8, 4) is 0 Å². The van der Waals surface area contributed by atoms with E-state index in [1.165, 1.54) is 199 Å². The Morgan fingerprint density at radius 3 is 0.840 bits per heavy atom. The second-order valence-electron chi connectivity index (χ2n) is 21.6. The Kier molecular flexibility index (Phi) is 60.7. The molecule has 0 bridgehead atoms. The third kappa shape index (κ3) is 61.6. The van der Waals surface area contributed by atoms with E-state index in [2.05, 4.69) is 93.7 Å². The summed E-state index contributed by atoms with van der Waals surface area (Å²) in [6, 6.07) is 0. The van der Waals surface area contributed by atoms with Gasteiger partial charge < -0.3 is 14.2 Å². The minimum atomic E-state index is -0.791. The highest BCUT2D eigenvalue weighted by Crippen LogP contribution is 2.16. The van der Waals surface area contributed by atoms with Crippen LogP contribution >= 0.6 is 0 Å². The largest absolute Gasteiger partial charge is 0.462 e. The third-order valence-electron chi connectivity index (χ3n) is 14.2.